The highest BCUT2D eigenvalue weighted by molar-refractivity contribution is 5.94. The minimum atomic E-state index is -0.895. The number of carbonyl (C=O) groups excluding carboxylic acids is 4. The summed E-state index contributed by atoms with van der Waals surface area (Å²) in [5.74, 6) is -1.75. The van der Waals surface area contributed by atoms with E-state index in [9.17, 15) is 19.2 Å². The SMILES string of the molecule is C=C(/C=C\C)CC(C(=O)N(C)C(CCCN)C(=O)N(C)C(Cc1ccccc1)C(N)=O)N(C)C(C)=O. The van der Waals surface area contributed by atoms with E-state index >= 15 is 0 Å². The number of hydrogen-bond donors (Lipinski definition) is 2. The monoisotopic (exact) mass is 499 g/mol. The Labute approximate surface area is 214 Å². The molecule has 0 aromatic heterocycles. The molecule has 4 N–H and O–H groups in total. The highest BCUT2D eigenvalue weighted by Gasteiger charge is 2.37. The van der Waals surface area contributed by atoms with Crippen LogP contribution in [-0.2, 0) is 25.6 Å². The predicted octanol–water partition coefficient (Wildman–Crippen LogP) is 1.48. The molecule has 0 saturated carbocycles. The lowest BCUT2D eigenvalue weighted by atomic mass is 10.00. The molecule has 0 bridgehead atoms. The molecule has 9 nitrogen and oxygen atoms in total. The number of hydrogen-bond acceptors (Lipinski definition) is 5. The van der Waals surface area contributed by atoms with E-state index in [0.717, 1.165) is 5.56 Å². The largest absolute Gasteiger partial charge is 0.368 e. The smallest absolute Gasteiger partial charge is 0.246 e. The molecule has 0 heterocycles. The van der Waals surface area contributed by atoms with Gasteiger partial charge in [0.1, 0.15) is 18.1 Å². The molecule has 0 fully saturated rings. The Bertz CT molecular complexity index is 947. The maximum atomic E-state index is 13.7. The van der Waals surface area contributed by atoms with Crippen LogP contribution in [0.4, 0.5) is 0 Å². The first-order chi connectivity index (χ1) is 17.0. The van der Waals surface area contributed by atoms with Crippen molar-refractivity contribution >= 4 is 23.6 Å². The Balaban J connectivity index is 3.28. The summed E-state index contributed by atoms with van der Waals surface area (Å²) in [5, 5.41) is 0. The van der Waals surface area contributed by atoms with E-state index < -0.39 is 35.8 Å². The van der Waals surface area contributed by atoms with Gasteiger partial charge < -0.3 is 26.2 Å². The zero-order valence-electron chi connectivity index (χ0n) is 22.1. The average Bonchev–Trinajstić information content (AvgIpc) is 2.85. The van der Waals surface area contributed by atoms with Crippen molar-refractivity contribution in [1.29, 1.82) is 0 Å². The maximum absolute atomic E-state index is 13.7. The van der Waals surface area contributed by atoms with Crippen molar-refractivity contribution in [1.82, 2.24) is 14.7 Å². The number of nitrogens with two attached hydrogens (primary N) is 2. The van der Waals surface area contributed by atoms with Crippen molar-refractivity contribution in [3.8, 4) is 0 Å². The Hall–Kier alpha value is -3.46. The van der Waals surface area contributed by atoms with Gasteiger partial charge in [-0.1, -0.05) is 54.6 Å². The minimum absolute atomic E-state index is 0.217. The Kier molecular flexibility index (Phi) is 12.6. The van der Waals surface area contributed by atoms with Gasteiger partial charge in [-0.05, 0) is 31.9 Å². The van der Waals surface area contributed by atoms with Gasteiger partial charge in [0, 0.05) is 40.9 Å². The molecule has 4 amide bonds. The van der Waals surface area contributed by atoms with Crippen molar-refractivity contribution in [2.75, 3.05) is 27.7 Å². The van der Waals surface area contributed by atoms with E-state index in [1.54, 1.807) is 19.2 Å². The number of allylic oxidation sites excluding steroid dienone is 2. The van der Waals surface area contributed by atoms with Crippen molar-refractivity contribution in [2.45, 2.75) is 57.7 Å². The van der Waals surface area contributed by atoms with Gasteiger partial charge in [-0.2, -0.15) is 0 Å². The molecular weight excluding hydrogens is 458 g/mol. The third-order valence-electron chi connectivity index (χ3n) is 6.30. The molecule has 36 heavy (non-hydrogen) atoms. The van der Waals surface area contributed by atoms with Crippen LogP contribution in [0.1, 0.15) is 38.7 Å². The standard InChI is InChI=1S/C27H41N5O4/c1-7-12-19(2)17-24(30(4)20(3)33)27(36)31(5)22(15-11-16-28)26(35)32(6)23(25(29)34)18-21-13-9-8-10-14-21/h7-10,12-14,22-24H,2,11,15-18,28H2,1,3-6H3,(H2,29,34)/b12-7-. The zero-order chi connectivity index (χ0) is 27.4. The summed E-state index contributed by atoms with van der Waals surface area (Å²) in [4.78, 5) is 55.7. The van der Waals surface area contributed by atoms with Gasteiger partial charge in [-0.15, -0.1) is 0 Å². The van der Waals surface area contributed by atoms with Gasteiger partial charge in [0.25, 0.3) is 0 Å². The molecule has 1 aromatic rings. The van der Waals surface area contributed by atoms with Crippen LogP contribution in [0.5, 0.6) is 0 Å². The number of amides is 4. The Morgan fingerprint density at radius 2 is 1.50 bits per heavy atom. The number of nitrogens with zero attached hydrogens (tertiary/aromatic N) is 3. The van der Waals surface area contributed by atoms with E-state index in [-0.39, 0.29) is 18.7 Å². The highest BCUT2D eigenvalue weighted by atomic mass is 16.2. The first kappa shape index (κ1) is 30.6. The molecule has 0 aliphatic carbocycles. The lowest BCUT2D eigenvalue weighted by Crippen LogP contribution is -2.57. The zero-order valence-corrected chi connectivity index (χ0v) is 22.1. The van der Waals surface area contributed by atoms with Crippen molar-refractivity contribution in [3.63, 3.8) is 0 Å². The molecule has 198 valence electrons. The van der Waals surface area contributed by atoms with Crippen LogP contribution in [-0.4, -0.2) is 84.1 Å². The molecule has 0 aliphatic rings. The van der Waals surface area contributed by atoms with E-state index in [1.165, 1.54) is 35.7 Å². The summed E-state index contributed by atoms with van der Waals surface area (Å²) >= 11 is 0. The highest BCUT2D eigenvalue weighted by Crippen LogP contribution is 2.19. The second-order valence-electron chi connectivity index (χ2n) is 8.96. The number of rotatable bonds is 14. The molecule has 0 saturated heterocycles. The second kappa shape index (κ2) is 14.8. The molecule has 3 atom stereocenters. The van der Waals surface area contributed by atoms with Gasteiger partial charge in [0.2, 0.25) is 23.6 Å². The van der Waals surface area contributed by atoms with Crippen molar-refractivity contribution in [3.05, 3.63) is 60.2 Å². The lowest BCUT2D eigenvalue weighted by molar-refractivity contribution is -0.151. The molecule has 0 radical (unpaired) electrons. The third-order valence-corrected chi connectivity index (χ3v) is 6.30. The van der Waals surface area contributed by atoms with Crippen LogP contribution < -0.4 is 11.5 Å². The molecule has 1 rings (SSSR count). The van der Waals surface area contributed by atoms with Crippen LogP contribution in [0.25, 0.3) is 0 Å². The maximum Gasteiger partial charge on any atom is 0.246 e. The average molecular weight is 500 g/mol. The number of carbonyl (C=O) groups is 4. The Morgan fingerprint density at radius 1 is 0.944 bits per heavy atom. The van der Waals surface area contributed by atoms with Crippen molar-refractivity contribution < 1.29 is 19.2 Å². The van der Waals surface area contributed by atoms with Gasteiger partial charge in [0.15, 0.2) is 0 Å². The predicted molar refractivity (Wildman–Crippen MR) is 142 cm³/mol. The van der Waals surface area contributed by atoms with Gasteiger partial charge in [-0.25, -0.2) is 0 Å². The van der Waals surface area contributed by atoms with Gasteiger partial charge in [-0.3, -0.25) is 19.2 Å². The number of primary amides is 1. The Morgan fingerprint density at radius 3 is 2.00 bits per heavy atom. The molecule has 0 spiro atoms. The number of benzene rings is 1. The van der Waals surface area contributed by atoms with E-state index in [1.807, 2.05) is 37.3 Å². The van der Waals surface area contributed by atoms with E-state index in [2.05, 4.69) is 6.58 Å². The number of likely N-dealkylation sites (N-methyl/N-ethyl adjacent to an activating group) is 3. The van der Waals surface area contributed by atoms with E-state index in [4.69, 9.17) is 11.5 Å². The quantitative estimate of drug-likeness (QED) is 0.375. The fourth-order valence-electron chi connectivity index (χ4n) is 4.00. The summed E-state index contributed by atoms with van der Waals surface area (Å²) in [6.45, 7) is 7.51. The van der Waals surface area contributed by atoms with Crippen molar-refractivity contribution in [2.24, 2.45) is 11.5 Å². The molecule has 9 heteroatoms. The fourth-order valence-corrected chi connectivity index (χ4v) is 4.00. The topological polar surface area (TPSA) is 130 Å². The molecule has 3 unspecified atom stereocenters. The van der Waals surface area contributed by atoms with Gasteiger partial charge in [0.05, 0.1) is 0 Å². The lowest BCUT2D eigenvalue weighted by Gasteiger charge is -2.37. The van der Waals surface area contributed by atoms with Crippen LogP contribution in [0.15, 0.2) is 54.6 Å². The summed E-state index contributed by atoms with van der Waals surface area (Å²) in [6.07, 6.45) is 4.83. The molecule has 1 aromatic carbocycles. The van der Waals surface area contributed by atoms with Gasteiger partial charge >= 0.3 is 0 Å². The normalized spacial score (nSPS) is 13.5. The first-order valence-corrected chi connectivity index (χ1v) is 12.1. The van der Waals surface area contributed by atoms with E-state index in [0.29, 0.717) is 25.0 Å². The third kappa shape index (κ3) is 8.64. The first-order valence-electron chi connectivity index (χ1n) is 12.1. The summed E-state index contributed by atoms with van der Waals surface area (Å²) in [5.41, 5.74) is 12.9. The fraction of sp³-hybridized carbons (Fsp3) is 0.481. The van der Waals surface area contributed by atoms with Crippen LogP contribution in [0.2, 0.25) is 0 Å². The molecular formula is C27H41N5O4. The second-order valence-corrected chi connectivity index (χ2v) is 8.96. The summed E-state index contributed by atoms with van der Waals surface area (Å²) in [7, 11) is 4.60. The molecule has 0 aliphatic heterocycles. The van der Waals surface area contributed by atoms with Crippen LogP contribution in [0, 0.1) is 0 Å². The van der Waals surface area contributed by atoms with Crippen LogP contribution in [0.3, 0.4) is 0 Å². The van der Waals surface area contributed by atoms with Crippen LogP contribution >= 0.6 is 0 Å². The summed E-state index contributed by atoms with van der Waals surface area (Å²) < 4.78 is 0. The summed E-state index contributed by atoms with van der Waals surface area (Å²) in [6, 6.07) is 6.64. The minimum Gasteiger partial charge on any atom is -0.368 e.